The van der Waals surface area contributed by atoms with Gasteiger partial charge in [-0.25, -0.2) is 14.6 Å². The van der Waals surface area contributed by atoms with Gasteiger partial charge in [0.1, 0.15) is 12.3 Å². The third-order valence-electron chi connectivity index (χ3n) is 5.93. The van der Waals surface area contributed by atoms with E-state index in [1.54, 1.807) is 12.4 Å². The number of rotatable bonds is 7. The molecule has 2 amide bonds. The van der Waals surface area contributed by atoms with Crippen LogP contribution in [0.4, 0.5) is 4.79 Å². The van der Waals surface area contributed by atoms with Crippen LogP contribution >= 0.6 is 11.6 Å². The van der Waals surface area contributed by atoms with Gasteiger partial charge in [0.05, 0.1) is 11.6 Å². The molecule has 3 N–H and O–H groups in total. The molecule has 8 heteroatoms. The number of benzene rings is 2. The number of hydrogen-bond acceptors (Lipinski definition) is 4. The third-order valence-corrected chi connectivity index (χ3v) is 6.17. The summed E-state index contributed by atoms with van der Waals surface area (Å²) in [6.07, 6.45) is 4.48. The molecule has 0 spiro atoms. The summed E-state index contributed by atoms with van der Waals surface area (Å²) in [6.45, 7) is 0.126. The number of ether oxygens (including phenoxy) is 1. The van der Waals surface area contributed by atoms with Crippen molar-refractivity contribution in [3.63, 3.8) is 0 Å². The second-order valence-electron chi connectivity index (χ2n) is 8.26. The van der Waals surface area contributed by atoms with Crippen molar-refractivity contribution in [2.24, 2.45) is 0 Å². The molecule has 1 unspecified atom stereocenters. The van der Waals surface area contributed by atoms with Crippen molar-refractivity contribution in [2.45, 2.75) is 25.5 Å². The molecule has 0 saturated carbocycles. The van der Waals surface area contributed by atoms with Gasteiger partial charge in [0, 0.05) is 34.1 Å². The summed E-state index contributed by atoms with van der Waals surface area (Å²) < 4.78 is 5.71. The minimum absolute atomic E-state index is 0.126. The molecule has 5 rings (SSSR count). The maximum Gasteiger partial charge on any atom is 0.338 e. The molecule has 0 fully saturated rings. The van der Waals surface area contributed by atoms with Gasteiger partial charge in [0.15, 0.2) is 0 Å². The van der Waals surface area contributed by atoms with Crippen LogP contribution in [0.15, 0.2) is 90.4 Å². The first kappa shape index (κ1) is 22.7. The number of hydrogen-bond donors (Lipinski definition) is 3. The van der Waals surface area contributed by atoms with Crippen LogP contribution in [0.25, 0.3) is 11.0 Å². The van der Waals surface area contributed by atoms with Crippen molar-refractivity contribution in [1.29, 1.82) is 0 Å². The van der Waals surface area contributed by atoms with Crippen LogP contribution in [-0.2, 0) is 22.6 Å². The molecule has 35 heavy (non-hydrogen) atoms. The number of carbonyl (C=O) groups is 2. The van der Waals surface area contributed by atoms with E-state index >= 15 is 0 Å². The largest absolute Gasteiger partial charge is 0.457 e. The smallest absolute Gasteiger partial charge is 0.338 e. The lowest BCUT2D eigenvalue weighted by molar-refractivity contribution is -0.140. The molecule has 0 aliphatic carbocycles. The molecule has 3 heterocycles. The van der Waals surface area contributed by atoms with Crippen molar-refractivity contribution in [3.05, 3.63) is 112 Å². The molecule has 1 aliphatic rings. The van der Waals surface area contributed by atoms with Crippen molar-refractivity contribution >= 4 is 34.6 Å². The fourth-order valence-corrected chi connectivity index (χ4v) is 4.48. The predicted octanol–water partition coefficient (Wildman–Crippen LogP) is 5.20. The standard InChI is InChI=1S/C27H23ClN4O3/c28-19-9-4-8-17(14-19)11-12-22-23(26(33)35-16-18-6-2-1-3-7-18)24(32-27(34)31-22)21-15-30-25-20(21)10-5-13-29-25/h1-10,13-15,24H,11-12,16H2,(H,29,30)(H2,31,32,34). The van der Waals surface area contributed by atoms with Crippen LogP contribution in [-0.4, -0.2) is 22.0 Å². The highest BCUT2D eigenvalue weighted by Gasteiger charge is 2.35. The van der Waals surface area contributed by atoms with Crippen LogP contribution in [0.3, 0.4) is 0 Å². The number of aryl methyl sites for hydroxylation is 1. The summed E-state index contributed by atoms with van der Waals surface area (Å²) in [5.74, 6) is -0.495. The van der Waals surface area contributed by atoms with Gasteiger partial charge in [-0.05, 0) is 48.2 Å². The van der Waals surface area contributed by atoms with Crippen molar-refractivity contribution in [2.75, 3.05) is 0 Å². The molecule has 1 aliphatic heterocycles. The van der Waals surface area contributed by atoms with Gasteiger partial charge in [0.2, 0.25) is 0 Å². The van der Waals surface area contributed by atoms with Crippen molar-refractivity contribution < 1.29 is 14.3 Å². The molecule has 0 radical (unpaired) electrons. The normalized spacial score (nSPS) is 15.6. The van der Waals surface area contributed by atoms with Crippen molar-refractivity contribution in [3.8, 4) is 0 Å². The Balaban J connectivity index is 1.51. The molecule has 176 valence electrons. The summed E-state index contributed by atoms with van der Waals surface area (Å²) in [5.41, 5.74) is 4.19. The second-order valence-corrected chi connectivity index (χ2v) is 8.70. The van der Waals surface area contributed by atoms with E-state index in [0.717, 1.165) is 22.1 Å². The van der Waals surface area contributed by atoms with Crippen molar-refractivity contribution in [1.82, 2.24) is 20.6 Å². The van der Waals surface area contributed by atoms with Gasteiger partial charge in [-0.3, -0.25) is 0 Å². The van der Waals surface area contributed by atoms with Crippen LogP contribution < -0.4 is 10.6 Å². The van der Waals surface area contributed by atoms with E-state index in [9.17, 15) is 9.59 Å². The fourth-order valence-electron chi connectivity index (χ4n) is 4.27. The molecular weight excluding hydrogens is 464 g/mol. The van der Waals surface area contributed by atoms with Crippen LogP contribution in [0.1, 0.15) is 29.2 Å². The minimum Gasteiger partial charge on any atom is -0.457 e. The Labute approximate surface area is 207 Å². The van der Waals surface area contributed by atoms with Gasteiger partial charge in [-0.2, -0.15) is 0 Å². The number of allylic oxidation sites excluding steroid dienone is 1. The zero-order valence-electron chi connectivity index (χ0n) is 18.8. The first-order valence-corrected chi connectivity index (χ1v) is 11.6. The average Bonchev–Trinajstić information content (AvgIpc) is 3.30. The van der Waals surface area contributed by atoms with E-state index in [0.29, 0.717) is 34.8 Å². The lowest BCUT2D eigenvalue weighted by atomic mass is 9.93. The lowest BCUT2D eigenvalue weighted by Gasteiger charge is -2.29. The number of urea groups is 1. The Bertz CT molecular complexity index is 1410. The molecule has 2 aromatic heterocycles. The fraction of sp³-hybridized carbons (Fsp3) is 0.148. The molecule has 4 aromatic rings. The number of nitrogens with one attached hydrogen (secondary N) is 3. The number of amides is 2. The Morgan fingerprint density at radius 3 is 2.66 bits per heavy atom. The summed E-state index contributed by atoms with van der Waals surface area (Å²) in [4.78, 5) is 33.6. The van der Waals surface area contributed by atoms with Gasteiger partial charge in [-0.1, -0.05) is 54.1 Å². The molecular formula is C27H23ClN4O3. The van der Waals surface area contributed by atoms with E-state index in [1.807, 2.05) is 66.7 Å². The molecule has 0 bridgehead atoms. The van der Waals surface area contributed by atoms with Crippen LogP contribution in [0, 0.1) is 0 Å². The lowest BCUT2D eigenvalue weighted by Crippen LogP contribution is -2.46. The average molecular weight is 487 g/mol. The van der Waals surface area contributed by atoms with Gasteiger partial charge < -0.3 is 20.4 Å². The third kappa shape index (κ3) is 5.05. The number of aromatic nitrogens is 2. The topological polar surface area (TPSA) is 96.1 Å². The van der Waals surface area contributed by atoms with E-state index in [4.69, 9.17) is 16.3 Å². The van der Waals surface area contributed by atoms with E-state index in [1.165, 1.54) is 0 Å². The number of esters is 1. The first-order valence-electron chi connectivity index (χ1n) is 11.3. The van der Waals surface area contributed by atoms with Gasteiger partial charge >= 0.3 is 12.0 Å². The number of carbonyl (C=O) groups excluding carboxylic acids is 2. The van der Waals surface area contributed by atoms with E-state index < -0.39 is 12.0 Å². The summed E-state index contributed by atoms with van der Waals surface area (Å²) in [7, 11) is 0. The van der Waals surface area contributed by atoms with Crippen LogP contribution in [0.2, 0.25) is 5.02 Å². The van der Waals surface area contributed by atoms with E-state index in [2.05, 4.69) is 20.6 Å². The number of H-pyrrole nitrogens is 1. The number of pyridine rings is 1. The highest BCUT2D eigenvalue weighted by Crippen LogP contribution is 2.33. The highest BCUT2D eigenvalue weighted by molar-refractivity contribution is 6.30. The SMILES string of the molecule is O=C1NC(CCc2cccc(Cl)c2)=C(C(=O)OCc2ccccc2)C(c2c[nH]c3ncccc23)N1. The second kappa shape index (κ2) is 10.0. The molecule has 0 saturated heterocycles. The van der Waals surface area contributed by atoms with E-state index in [-0.39, 0.29) is 12.6 Å². The summed E-state index contributed by atoms with van der Waals surface area (Å²) in [5, 5.41) is 7.20. The maximum absolute atomic E-state index is 13.5. The monoisotopic (exact) mass is 486 g/mol. The number of halogens is 1. The van der Waals surface area contributed by atoms with Gasteiger partial charge in [0.25, 0.3) is 0 Å². The Morgan fingerprint density at radius 1 is 1.00 bits per heavy atom. The maximum atomic E-state index is 13.5. The highest BCUT2D eigenvalue weighted by atomic mass is 35.5. The Morgan fingerprint density at radius 2 is 1.83 bits per heavy atom. The van der Waals surface area contributed by atoms with Crippen LogP contribution in [0.5, 0.6) is 0 Å². The summed E-state index contributed by atoms with van der Waals surface area (Å²) >= 11 is 6.14. The number of fused-ring (bicyclic) bond motifs is 1. The molecule has 7 nitrogen and oxygen atoms in total. The Kier molecular flexibility index (Phi) is 6.50. The molecule has 1 atom stereocenters. The number of aromatic amines is 1. The Hall–Kier alpha value is -4.10. The zero-order chi connectivity index (χ0) is 24.2. The van der Waals surface area contributed by atoms with Gasteiger partial charge in [-0.15, -0.1) is 0 Å². The first-order chi connectivity index (χ1) is 17.1. The minimum atomic E-state index is -0.695. The predicted molar refractivity (Wildman–Crippen MR) is 134 cm³/mol. The zero-order valence-corrected chi connectivity index (χ0v) is 19.5. The number of nitrogens with zero attached hydrogens (tertiary/aromatic N) is 1. The quantitative estimate of drug-likeness (QED) is 0.313. The summed E-state index contributed by atoms with van der Waals surface area (Å²) in [6, 6.07) is 19.7. The molecule has 2 aromatic carbocycles.